The van der Waals surface area contributed by atoms with Crippen LogP contribution < -0.4 is 16.0 Å². The van der Waals surface area contributed by atoms with Crippen LogP contribution in [0.5, 0.6) is 0 Å². The predicted octanol–water partition coefficient (Wildman–Crippen LogP) is 10.7. The smallest absolute Gasteiger partial charge is 0.407 e. The molecule has 0 unspecified atom stereocenters. The number of nitrogens with zero attached hydrogens (tertiary/aromatic N) is 6. The van der Waals surface area contributed by atoms with Gasteiger partial charge in [-0.05, 0) is 111 Å². The van der Waals surface area contributed by atoms with Crippen molar-refractivity contribution in [3.8, 4) is 0 Å². The molecule has 90 heavy (non-hydrogen) atoms. The number of hydrogen-bond acceptors (Lipinski definition) is 14. The van der Waals surface area contributed by atoms with Crippen LogP contribution in [0.15, 0.2) is 179 Å². The zero-order valence-electron chi connectivity index (χ0n) is 52.6. The van der Waals surface area contributed by atoms with E-state index in [-0.39, 0.29) is 53.8 Å². The molecular formula is C68H87N9O9S4. The Balaban J connectivity index is 0.000000262. The maximum absolute atomic E-state index is 13.9. The third-order valence-electron chi connectivity index (χ3n) is 15.3. The molecule has 1 fully saturated rings. The molecule has 1 aliphatic rings. The number of thiazole rings is 2. The topological polar surface area (TPSA) is 224 Å². The number of alkyl carbamates (subject to hydrolysis) is 1. The minimum absolute atomic E-state index is 0.0504. The van der Waals surface area contributed by atoms with Crippen LogP contribution in [-0.4, -0.2) is 139 Å². The standard InChI is InChI=1S/C37H48N6O5S2.C31H39N3O4S2/c1-24(2)33(42-36(46)43(5)20-29-22-49-35(40-29)25(3)4)34(45)39-28(16-26-12-8-6-9-13-26)18-32(44)31(17-27-14-10-7-11-15-27)41-37(47)48-21-30-19-38-23-50-30;1-26-11-15-30(16-12-26)39(35,36)33-21-7-19-32(25-29-9-5-4-6-10-29)20-8-22-34(24-28(3)23-33)40(37,38)31-17-13-27(2)14-18-31/h6-15,19,22-25,28,31-33,44H,16-18,20-21H2,1-5H3,(H,39,45)(H,41,47)(H,42,46);4-6,9-18H,3,7-8,19-25H2,1-2H3/t28-,31-,32-,33-;/m0./s1. The van der Waals surface area contributed by atoms with E-state index < -0.39 is 50.4 Å². The van der Waals surface area contributed by atoms with Gasteiger partial charge in [-0.25, -0.2) is 31.4 Å². The Hall–Kier alpha value is -7.15. The van der Waals surface area contributed by atoms with Gasteiger partial charge in [-0.1, -0.05) is 161 Å². The first kappa shape index (κ1) is 70.3. The number of ether oxygens (including phenoxy) is 1. The first-order valence-corrected chi connectivity index (χ1v) is 35.1. The fourth-order valence-electron chi connectivity index (χ4n) is 10.3. The van der Waals surface area contributed by atoms with E-state index in [2.05, 4.69) is 63.4 Å². The predicted molar refractivity (Wildman–Crippen MR) is 357 cm³/mol. The zero-order valence-corrected chi connectivity index (χ0v) is 55.9. The summed E-state index contributed by atoms with van der Waals surface area (Å²) in [5, 5.41) is 23.5. The minimum atomic E-state index is -3.80. The van der Waals surface area contributed by atoms with E-state index in [1.54, 1.807) is 78.6 Å². The molecule has 4 N–H and O–H groups in total. The van der Waals surface area contributed by atoms with Crippen molar-refractivity contribution in [2.75, 3.05) is 46.3 Å². The number of carbonyl (C=O) groups is 3. The molecule has 4 atom stereocenters. The second kappa shape index (κ2) is 34.3. The summed E-state index contributed by atoms with van der Waals surface area (Å²) in [6.07, 6.45) is 2.13. The number of amides is 4. The third-order valence-corrected chi connectivity index (χ3v) is 20.9. The maximum Gasteiger partial charge on any atom is 0.407 e. The first-order valence-electron chi connectivity index (χ1n) is 30.4. The van der Waals surface area contributed by atoms with Gasteiger partial charge in [0, 0.05) is 63.3 Å². The molecule has 1 saturated heterocycles. The van der Waals surface area contributed by atoms with Crippen molar-refractivity contribution in [2.45, 2.75) is 133 Å². The monoisotopic (exact) mass is 1300 g/mol. The number of aromatic nitrogens is 2. The van der Waals surface area contributed by atoms with E-state index in [9.17, 15) is 36.3 Å². The van der Waals surface area contributed by atoms with Gasteiger partial charge in [0.25, 0.3) is 0 Å². The summed E-state index contributed by atoms with van der Waals surface area (Å²) in [7, 11) is -5.92. The van der Waals surface area contributed by atoms with Gasteiger partial charge >= 0.3 is 12.1 Å². The number of aliphatic hydroxyl groups is 1. The molecule has 1 aliphatic heterocycles. The lowest BCUT2D eigenvalue weighted by molar-refractivity contribution is -0.124. The van der Waals surface area contributed by atoms with Crippen LogP contribution in [0.3, 0.4) is 0 Å². The third kappa shape index (κ3) is 21.8. The highest BCUT2D eigenvalue weighted by atomic mass is 32.2. The molecule has 2 aromatic heterocycles. The summed E-state index contributed by atoms with van der Waals surface area (Å²) < 4.78 is 63.1. The molecule has 482 valence electrons. The summed E-state index contributed by atoms with van der Waals surface area (Å²) >= 11 is 2.95. The second-order valence-corrected chi connectivity index (χ2v) is 29.3. The Morgan fingerprint density at radius 1 is 0.689 bits per heavy atom. The maximum atomic E-state index is 13.9. The largest absolute Gasteiger partial charge is 0.444 e. The number of aryl methyl sites for hydroxylation is 2. The van der Waals surface area contributed by atoms with E-state index in [0.717, 1.165) is 43.4 Å². The molecule has 0 saturated carbocycles. The number of nitrogens with one attached hydrogen (secondary N) is 3. The molecule has 4 amide bonds. The van der Waals surface area contributed by atoms with Gasteiger partial charge in [-0.15, -0.1) is 22.7 Å². The normalized spacial score (nSPS) is 15.5. The second-order valence-electron chi connectivity index (χ2n) is 23.6. The molecule has 18 nitrogen and oxygen atoms in total. The highest BCUT2D eigenvalue weighted by Crippen LogP contribution is 2.25. The number of urea groups is 1. The Morgan fingerprint density at radius 3 is 1.70 bits per heavy atom. The van der Waals surface area contributed by atoms with Crippen LogP contribution in [-0.2, 0) is 62.1 Å². The molecule has 22 heteroatoms. The van der Waals surface area contributed by atoms with Gasteiger partial charge in [-0.2, -0.15) is 8.61 Å². The van der Waals surface area contributed by atoms with Gasteiger partial charge in [0.05, 0.1) is 49.6 Å². The van der Waals surface area contributed by atoms with Crippen LogP contribution in [0.1, 0.15) is 96.3 Å². The van der Waals surface area contributed by atoms with Crippen molar-refractivity contribution >= 4 is 60.8 Å². The number of rotatable bonds is 23. The molecule has 0 aliphatic carbocycles. The molecular weight excluding hydrogens is 1220 g/mol. The summed E-state index contributed by atoms with van der Waals surface area (Å²) in [5.41, 5.74) is 8.01. The number of sulfonamides is 2. The Bertz CT molecular complexity index is 3490. The van der Waals surface area contributed by atoms with Crippen LogP contribution in [0.2, 0.25) is 0 Å². The summed E-state index contributed by atoms with van der Waals surface area (Å²) in [4.78, 5) is 53.7. The average molecular weight is 1300 g/mol. The van der Waals surface area contributed by atoms with Crippen molar-refractivity contribution in [1.29, 1.82) is 0 Å². The van der Waals surface area contributed by atoms with Crippen molar-refractivity contribution < 1.29 is 41.1 Å². The lowest BCUT2D eigenvalue weighted by Gasteiger charge is -2.30. The van der Waals surface area contributed by atoms with Crippen molar-refractivity contribution in [2.24, 2.45) is 5.92 Å². The number of carbonyl (C=O) groups excluding carboxylic acids is 3. The number of benzene rings is 5. The van der Waals surface area contributed by atoms with E-state index in [0.29, 0.717) is 76.4 Å². The van der Waals surface area contributed by atoms with Gasteiger partial charge in [-0.3, -0.25) is 14.7 Å². The lowest BCUT2D eigenvalue weighted by atomic mass is 9.93. The fraction of sp³-hybridized carbons (Fsp3) is 0.397. The van der Waals surface area contributed by atoms with Gasteiger partial charge < -0.3 is 30.7 Å². The Morgan fingerprint density at radius 2 is 1.21 bits per heavy atom. The minimum Gasteiger partial charge on any atom is -0.444 e. The fourth-order valence-corrected chi connectivity index (χ4v) is 14.6. The molecule has 7 aromatic rings. The Kier molecular flexibility index (Phi) is 26.8. The first-order chi connectivity index (χ1) is 43.0. The van der Waals surface area contributed by atoms with Crippen LogP contribution in [0.25, 0.3) is 0 Å². The highest BCUT2D eigenvalue weighted by molar-refractivity contribution is 7.89. The summed E-state index contributed by atoms with van der Waals surface area (Å²) in [6.45, 7) is 19.1. The van der Waals surface area contributed by atoms with Crippen LogP contribution in [0, 0.1) is 19.8 Å². The lowest BCUT2D eigenvalue weighted by Crippen LogP contribution is -2.55. The van der Waals surface area contributed by atoms with Gasteiger partial charge in [0.2, 0.25) is 26.0 Å². The molecule has 0 bridgehead atoms. The van der Waals surface area contributed by atoms with Gasteiger partial charge in [0.1, 0.15) is 12.6 Å². The molecule has 0 spiro atoms. The summed E-state index contributed by atoms with van der Waals surface area (Å²) in [5.74, 6) is -0.277. The molecule has 3 heterocycles. The highest BCUT2D eigenvalue weighted by Gasteiger charge is 2.33. The van der Waals surface area contributed by atoms with E-state index in [1.807, 2.05) is 112 Å². The van der Waals surface area contributed by atoms with Crippen molar-refractivity contribution in [3.63, 3.8) is 0 Å². The quantitative estimate of drug-likeness (QED) is 0.0439. The SMILES string of the molecule is C=C1CN(S(=O)(=O)c2ccc(C)cc2)CCCN(Cc2ccccc2)CCCN(S(=O)(=O)c2ccc(C)cc2)C1.CC(C)c1nc(CN(C)C(=O)N[C@H](C(=O)N[C@@H](Cc2ccccc2)C[C@H](O)[C@H](Cc2ccccc2)NC(=O)OCc2cncs2)C(C)C)cs1. The van der Waals surface area contributed by atoms with Crippen molar-refractivity contribution in [1.82, 2.24) is 44.3 Å². The Labute approximate surface area is 540 Å². The number of aliphatic hydroxyl groups excluding tert-OH is 1. The van der Waals surface area contributed by atoms with Crippen molar-refractivity contribution in [3.05, 3.63) is 212 Å². The van der Waals surface area contributed by atoms with E-state index >= 15 is 0 Å². The van der Waals surface area contributed by atoms with Crippen LogP contribution >= 0.6 is 22.7 Å². The zero-order chi connectivity index (χ0) is 64.8. The molecule has 5 aromatic carbocycles. The van der Waals surface area contributed by atoms with E-state index in [1.165, 1.54) is 24.8 Å². The molecule has 8 rings (SSSR count). The van der Waals surface area contributed by atoms with E-state index in [4.69, 9.17) is 4.74 Å². The average Bonchev–Trinajstić information content (AvgIpc) is 3.73. The van der Waals surface area contributed by atoms with Crippen LogP contribution in [0.4, 0.5) is 9.59 Å². The summed E-state index contributed by atoms with van der Waals surface area (Å²) in [6, 6.07) is 40.6. The van der Waals surface area contributed by atoms with Gasteiger partial charge in [0.15, 0.2) is 0 Å². The molecule has 0 radical (unpaired) electrons. The number of hydrogen-bond donors (Lipinski definition) is 4.